The van der Waals surface area contributed by atoms with Crippen LogP contribution in [0.1, 0.15) is 69.1 Å². The van der Waals surface area contributed by atoms with Gasteiger partial charge in [0.05, 0.1) is 0 Å². The summed E-state index contributed by atoms with van der Waals surface area (Å²) in [5.74, 6) is 0.443. The standard InChI is InChI=1S/C18H36N2O3.2H2/c1-15(2)18(3,4)17(22)20-13-11-9-7-6-8-10-12-19-16(21)14-23-5;;/h15H,6-14H2,1-5H3,(H,19,21)(H,20,22);2*1H. The second-order valence-electron chi connectivity index (χ2n) is 7.04. The van der Waals surface area contributed by atoms with E-state index in [9.17, 15) is 9.59 Å². The summed E-state index contributed by atoms with van der Waals surface area (Å²) < 4.78 is 4.75. The Hall–Kier alpha value is -1.10. The molecular weight excluding hydrogens is 292 g/mol. The molecule has 0 bridgehead atoms. The van der Waals surface area contributed by atoms with Crippen molar-refractivity contribution in [1.82, 2.24) is 10.6 Å². The second kappa shape index (κ2) is 12.3. The number of ether oxygens (including phenoxy) is 1. The zero-order chi connectivity index (χ0) is 17.7. The summed E-state index contributed by atoms with van der Waals surface area (Å²) in [4.78, 5) is 23.2. The van der Waals surface area contributed by atoms with E-state index < -0.39 is 0 Å². The third-order valence-corrected chi connectivity index (χ3v) is 4.52. The first-order valence-corrected chi connectivity index (χ1v) is 8.86. The molecule has 2 amide bonds. The Morgan fingerprint density at radius 1 is 0.957 bits per heavy atom. The Balaban J connectivity index is -0.00000242. The highest BCUT2D eigenvalue weighted by atomic mass is 16.5. The van der Waals surface area contributed by atoms with Crippen molar-refractivity contribution in [2.24, 2.45) is 11.3 Å². The minimum atomic E-state index is -0.298. The van der Waals surface area contributed by atoms with Gasteiger partial charge in [-0.15, -0.1) is 0 Å². The van der Waals surface area contributed by atoms with E-state index in [-0.39, 0.29) is 26.7 Å². The van der Waals surface area contributed by atoms with E-state index >= 15 is 0 Å². The van der Waals surface area contributed by atoms with Gasteiger partial charge in [-0.3, -0.25) is 9.59 Å². The van der Waals surface area contributed by atoms with E-state index in [0.717, 1.165) is 38.8 Å². The van der Waals surface area contributed by atoms with E-state index in [1.165, 1.54) is 20.0 Å². The molecule has 0 rings (SSSR count). The van der Waals surface area contributed by atoms with Crippen molar-refractivity contribution in [3.63, 3.8) is 0 Å². The van der Waals surface area contributed by atoms with Gasteiger partial charge in [-0.05, 0) is 18.8 Å². The minimum Gasteiger partial charge on any atom is -0.375 e. The number of nitrogens with one attached hydrogen (secondary N) is 2. The number of hydrogen-bond donors (Lipinski definition) is 2. The quantitative estimate of drug-likeness (QED) is 0.508. The molecule has 140 valence electrons. The highest BCUT2D eigenvalue weighted by molar-refractivity contribution is 5.82. The Kier molecular flexibility index (Phi) is 11.7. The predicted octanol–water partition coefficient (Wildman–Crippen LogP) is 3.38. The lowest BCUT2D eigenvalue weighted by Crippen LogP contribution is -2.40. The van der Waals surface area contributed by atoms with Gasteiger partial charge in [-0.2, -0.15) is 0 Å². The van der Waals surface area contributed by atoms with Crippen molar-refractivity contribution >= 4 is 11.8 Å². The number of unbranched alkanes of at least 4 members (excludes halogenated alkanes) is 5. The summed E-state index contributed by atoms with van der Waals surface area (Å²) in [5.41, 5.74) is -0.298. The predicted molar refractivity (Wildman–Crippen MR) is 98.4 cm³/mol. The van der Waals surface area contributed by atoms with Crippen LogP contribution in [-0.2, 0) is 14.3 Å². The lowest BCUT2D eigenvalue weighted by Gasteiger charge is -2.27. The van der Waals surface area contributed by atoms with Crippen LogP contribution in [0.25, 0.3) is 0 Å². The van der Waals surface area contributed by atoms with Crippen LogP contribution in [0.15, 0.2) is 0 Å². The zero-order valence-corrected chi connectivity index (χ0v) is 15.7. The summed E-state index contributed by atoms with van der Waals surface area (Å²) in [6, 6.07) is 0. The molecule has 0 spiro atoms. The molecule has 5 heteroatoms. The summed E-state index contributed by atoms with van der Waals surface area (Å²) in [5, 5.41) is 5.86. The van der Waals surface area contributed by atoms with E-state index in [0.29, 0.717) is 5.92 Å². The van der Waals surface area contributed by atoms with Crippen LogP contribution >= 0.6 is 0 Å². The molecule has 2 N–H and O–H groups in total. The maximum atomic E-state index is 12.1. The van der Waals surface area contributed by atoms with Crippen molar-refractivity contribution in [3.8, 4) is 0 Å². The highest BCUT2D eigenvalue weighted by Gasteiger charge is 2.30. The molecule has 0 saturated heterocycles. The van der Waals surface area contributed by atoms with Gasteiger partial charge in [0, 0.05) is 28.5 Å². The lowest BCUT2D eigenvalue weighted by molar-refractivity contribution is -0.131. The van der Waals surface area contributed by atoms with Gasteiger partial charge in [0.25, 0.3) is 0 Å². The SMILES string of the molecule is COCC(=O)NCCCCCCCCNC(=O)C(C)(C)C(C)C.[HH].[HH]. The molecule has 0 saturated carbocycles. The van der Waals surface area contributed by atoms with Crippen LogP contribution in [0.4, 0.5) is 0 Å². The molecule has 0 aromatic carbocycles. The smallest absolute Gasteiger partial charge is 0.245 e. The fourth-order valence-corrected chi connectivity index (χ4v) is 2.06. The number of carbonyl (C=O) groups is 2. The van der Waals surface area contributed by atoms with Crippen molar-refractivity contribution in [1.29, 1.82) is 0 Å². The van der Waals surface area contributed by atoms with Gasteiger partial charge in [-0.25, -0.2) is 0 Å². The lowest BCUT2D eigenvalue weighted by atomic mass is 9.80. The third kappa shape index (κ3) is 10.3. The van der Waals surface area contributed by atoms with Gasteiger partial charge in [0.15, 0.2) is 0 Å². The van der Waals surface area contributed by atoms with Crippen LogP contribution in [0.5, 0.6) is 0 Å². The summed E-state index contributed by atoms with van der Waals surface area (Å²) in [6.07, 6.45) is 6.65. The van der Waals surface area contributed by atoms with E-state index in [4.69, 9.17) is 4.74 Å². The normalized spacial score (nSPS) is 11.6. The van der Waals surface area contributed by atoms with E-state index in [1.54, 1.807) is 0 Å². The number of amides is 2. The monoisotopic (exact) mass is 332 g/mol. The third-order valence-electron chi connectivity index (χ3n) is 4.52. The van der Waals surface area contributed by atoms with Crippen molar-refractivity contribution < 1.29 is 17.2 Å². The Morgan fingerprint density at radius 3 is 1.91 bits per heavy atom. The van der Waals surface area contributed by atoms with Crippen molar-refractivity contribution in [3.05, 3.63) is 0 Å². The number of hydrogen-bond acceptors (Lipinski definition) is 3. The van der Waals surface area contributed by atoms with Crippen molar-refractivity contribution in [2.45, 2.75) is 66.2 Å². The average Bonchev–Trinajstić information content (AvgIpc) is 2.48. The molecule has 0 aliphatic carbocycles. The summed E-state index contributed by atoms with van der Waals surface area (Å²) in [7, 11) is 1.52. The van der Waals surface area contributed by atoms with E-state index in [1.807, 2.05) is 13.8 Å². The molecule has 0 unspecified atom stereocenters. The average molecular weight is 333 g/mol. The number of carbonyl (C=O) groups excluding carboxylic acids is 2. The number of methoxy groups -OCH3 is 1. The first-order valence-electron chi connectivity index (χ1n) is 8.86. The molecule has 0 aromatic heterocycles. The topological polar surface area (TPSA) is 67.4 Å². The van der Waals surface area contributed by atoms with Gasteiger partial charge in [0.1, 0.15) is 6.61 Å². The van der Waals surface area contributed by atoms with Crippen molar-refractivity contribution in [2.75, 3.05) is 26.8 Å². The second-order valence-corrected chi connectivity index (χ2v) is 7.04. The minimum absolute atomic E-state index is 0. The zero-order valence-electron chi connectivity index (χ0n) is 15.7. The Labute approximate surface area is 144 Å². The van der Waals surface area contributed by atoms with Crippen LogP contribution in [-0.4, -0.2) is 38.6 Å². The molecule has 0 aromatic rings. The molecule has 0 heterocycles. The van der Waals surface area contributed by atoms with Crippen LogP contribution in [0, 0.1) is 11.3 Å². The largest absolute Gasteiger partial charge is 0.375 e. The maximum Gasteiger partial charge on any atom is 0.245 e. The first-order chi connectivity index (χ1) is 10.8. The fraction of sp³-hybridized carbons (Fsp3) is 0.889. The van der Waals surface area contributed by atoms with Crippen LogP contribution < -0.4 is 10.6 Å². The summed E-state index contributed by atoms with van der Waals surface area (Å²) in [6.45, 7) is 9.79. The molecule has 0 aliphatic rings. The first kappa shape index (κ1) is 21.9. The number of rotatable bonds is 13. The fourth-order valence-electron chi connectivity index (χ4n) is 2.06. The van der Waals surface area contributed by atoms with Crippen LogP contribution in [0.2, 0.25) is 0 Å². The molecule has 0 aliphatic heterocycles. The summed E-state index contributed by atoms with van der Waals surface area (Å²) >= 11 is 0. The Morgan fingerprint density at radius 2 is 1.43 bits per heavy atom. The molecule has 23 heavy (non-hydrogen) atoms. The van der Waals surface area contributed by atoms with Gasteiger partial charge in [-0.1, -0.05) is 53.4 Å². The molecule has 0 fully saturated rings. The Bertz CT molecular complexity index is 351. The molecule has 0 atom stereocenters. The van der Waals surface area contributed by atoms with Gasteiger partial charge in [0.2, 0.25) is 11.8 Å². The molecule has 0 radical (unpaired) electrons. The van der Waals surface area contributed by atoms with Gasteiger partial charge < -0.3 is 15.4 Å². The molecular formula is C18H40N2O3. The van der Waals surface area contributed by atoms with E-state index in [2.05, 4.69) is 24.5 Å². The maximum absolute atomic E-state index is 12.1. The highest BCUT2D eigenvalue weighted by Crippen LogP contribution is 2.25. The van der Waals surface area contributed by atoms with Crippen LogP contribution in [0.3, 0.4) is 0 Å². The molecule has 5 nitrogen and oxygen atoms in total. The van der Waals surface area contributed by atoms with Gasteiger partial charge >= 0.3 is 0 Å².